The van der Waals surface area contributed by atoms with E-state index >= 15 is 0 Å². The summed E-state index contributed by atoms with van der Waals surface area (Å²) in [6, 6.07) is 19.2. The normalized spacial score (nSPS) is 15.2. The second kappa shape index (κ2) is 8.39. The van der Waals surface area contributed by atoms with Gasteiger partial charge in [0.15, 0.2) is 11.5 Å². The number of aryl methyl sites for hydroxylation is 1. The number of halogens is 1. The predicted octanol–water partition coefficient (Wildman–Crippen LogP) is 4.95. The third-order valence-electron chi connectivity index (χ3n) is 4.91. The Morgan fingerprint density at radius 1 is 1.16 bits per heavy atom. The highest BCUT2D eigenvalue weighted by molar-refractivity contribution is 7.22. The quantitative estimate of drug-likeness (QED) is 0.328. The summed E-state index contributed by atoms with van der Waals surface area (Å²) >= 11 is 1.18. The van der Waals surface area contributed by atoms with Crippen LogP contribution in [0.15, 0.2) is 71.8 Å². The summed E-state index contributed by atoms with van der Waals surface area (Å²) < 4.78 is 25.9. The molecule has 1 amide bonds. The average Bonchev–Trinajstić information content (AvgIpc) is 3.22. The molecule has 0 aliphatic carbocycles. The van der Waals surface area contributed by atoms with Crippen molar-refractivity contribution in [1.82, 2.24) is 4.98 Å². The van der Waals surface area contributed by atoms with Gasteiger partial charge in [-0.05, 0) is 42.8 Å². The van der Waals surface area contributed by atoms with E-state index in [1.807, 2.05) is 43.3 Å². The lowest BCUT2D eigenvalue weighted by atomic mass is 10.2. The molecule has 4 aromatic rings. The SMILES string of the molecule is Cc1ccc(/C=N/N(C(=O)C2COc3ccccc3O2)c2nc3ccc(F)cc3s2)cc1. The summed E-state index contributed by atoms with van der Waals surface area (Å²) in [5, 5.41) is 5.94. The Morgan fingerprint density at radius 2 is 1.94 bits per heavy atom. The van der Waals surface area contributed by atoms with Crippen molar-refractivity contribution in [3.8, 4) is 11.5 Å². The van der Waals surface area contributed by atoms with Gasteiger partial charge in [0.1, 0.15) is 12.4 Å². The fourth-order valence-electron chi connectivity index (χ4n) is 3.23. The van der Waals surface area contributed by atoms with E-state index in [1.165, 1.54) is 28.5 Å². The van der Waals surface area contributed by atoms with Gasteiger partial charge in [-0.1, -0.05) is 53.3 Å². The summed E-state index contributed by atoms with van der Waals surface area (Å²) in [7, 11) is 0. The topological polar surface area (TPSA) is 64.0 Å². The van der Waals surface area contributed by atoms with Gasteiger partial charge in [0.2, 0.25) is 11.2 Å². The second-order valence-electron chi connectivity index (χ2n) is 7.28. The number of para-hydroxylation sites is 2. The number of hydrogen-bond acceptors (Lipinski definition) is 6. The van der Waals surface area contributed by atoms with Crippen LogP contribution in [0, 0.1) is 12.7 Å². The van der Waals surface area contributed by atoms with Crippen molar-refractivity contribution in [3.63, 3.8) is 0 Å². The molecule has 0 saturated heterocycles. The Hall–Kier alpha value is -3.78. The van der Waals surface area contributed by atoms with Gasteiger partial charge in [0, 0.05) is 0 Å². The summed E-state index contributed by atoms with van der Waals surface area (Å²) in [6.07, 6.45) is 0.686. The van der Waals surface area contributed by atoms with Crippen molar-refractivity contribution in [1.29, 1.82) is 0 Å². The van der Waals surface area contributed by atoms with Gasteiger partial charge in [-0.25, -0.2) is 9.37 Å². The minimum atomic E-state index is -0.899. The van der Waals surface area contributed by atoms with Crippen molar-refractivity contribution < 1.29 is 18.7 Å². The highest BCUT2D eigenvalue weighted by Crippen LogP contribution is 2.34. The number of thiazole rings is 1. The molecule has 32 heavy (non-hydrogen) atoms. The predicted molar refractivity (Wildman–Crippen MR) is 122 cm³/mol. The van der Waals surface area contributed by atoms with Gasteiger partial charge in [0.05, 0.1) is 16.4 Å². The van der Waals surface area contributed by atoms with E-state index in [4.69, 9.17) is 9.47 Å². The number of fused-ring (bicyclic) bond motifs is 2. The van der Waals surface area contributed by atoms with Gasteiger partial charge in [-0.15, -0.1) is 0 Å². The minimum Gasteiger partial charge on any atom is -0.485 e. The fraction of sp³-hybridized carbons (Fsp3) is 0.125. The van der Waals surface area contributed by atoms with Crippen LogP contribution in [0.2, 0.25) is 0 Å². The van der Waals surface area contributed by atoms with Crippen LogP contribution in [0.25, 0.3) is 10.2 Å². The number of hydrogen-bond donors (Lipinski definition) is 0. The van der Waals surface area contributed by atoms with Crippen molar-refractivity contribution in [2.24, 2.45) is 5.10 Å². The highest BCUT2D eigenvalue weighted by atomic mass is 32.1. The Kier molecular flexibility index (Phi) is 5.28. The Balaban J connectivity index is 1.49. The lowest BCUT2D eigenvalue weighted by Gasteiger charge is -2.27. The molecule has 1 atom stereocenters. The largest absolute Gasteiger partial charge is 0.485 e. The Bertz CT molecular complexity index is 1320. The first-order chi connectivity index (χ1) is 15.6. The molecule has 8 heteroatoms. The van der Waals surface area contributed by atoms with Gasteiger partial charge >= 0.3 is 0 Å². The number of rotatable bonds is 4. The molecule has 1 aromatic heterocycles. The monoisotopic (exact) mass is 447 g/mol. The molecule has 0 bridgehead atoms. The van der Waals surface area contributed by atoms with Crippen LogP contribution < -0.4 is 14.5 Å². The molecular formula is C24H18FN3O3S. The van der Waals surface area contributed by atoms with Gasteiger partial charge in [0.25, 0.3) is 5.91 Å². The number of aromatic nitrogens is 1. The number of nitrogens with zero attached hydrogens (tertiary/aromatic N) is 3. The zero-order chi connectivity index (χ0) is 22.1. The van der Waals surface area contributed by atoms with E-state index in [0.29, 0.717) is 26.8 Å². The first kappa shape index (κ1) is 20.1. The van der Waals surface area contributed by atoms with Crippen LogP contribution in [0.1, 0.15) is 11.1 Å². The van der Waals surface area contributed by atoms with E-state index in [9.17, 15) is 9.18 Å². The molecule has 1 unspecified atom stereocenters. The summed E-state index contributed by atoms with van der Waals surface area (Å²) in [5.41, 5.74) is 2.53. The minimum absolute atomic E-state index is 0.0475. The molecule has 0 fully saturated rings. The van der Waals surface area contributed by atoms with Crippen LogP contribution >= 0.6 is 11.3 Å². The van der Waals surface area contributed by atoms with E-state index < -0.39 is 12.0 Å². The van der Waals surface area contributed by atoms with Crippen LogP contribution in [-0.2, 0) is 4.79 Å². The number of ether oxygens (including phenoxy) is 2. The van der Waals surface area contributed by atoms with Crippen LogP contribution in [-0.4, -0.2) is 29.8 Å². The third-order valence-corrected chi connectivity index (χ3v) is 5.91. The van der Waals surface area contributed by atoms with E-state index in [1.54, 1.807) is 24.4 Å². The van der Waals surface area contributed by atoms with Crippen LogP contribution in [0.3, 0.4) is 0 Å². The molecule has 3 aromatic carbocycles. The molecule has 160 valence electrons. The standard InChI is InChI=1S/C24H18FN3O3S/c1-15-6-8-16(9-7-15)13-26-28(24-27-18-11-10-17(25)12-22(18)32-24)23(29)21-14-30-19-4-2-3-5-20(19)31-21/h2-13,21H,14H2,1H3/b26-13+. The van der Waals surface area contributed by atoms with E-state index in [-0.39, 0.29) is 12.4 Å². The number of carbonyl (C=O) groups is 1. The fourth-order valence-corrected chi connectivity index (χ4v) is 4.19. The van der Waals surface area contributed by atoms with Crippen molar-refractivity contribution in [2.45, 2.75) is 13.0 Å². The van der Waals surface area contributed by atoms with Gasteiger partial charge < -0.3 is 9.47 Å². The molecule has 0 N–H and O–H groups in total. The van der Waals surface area contributed by atoms with Crippen molar-refractivity contribution >= 4 is 38.8 Å². The van der Waals surface area contributed by atoms with Gasteiger partial charge in [-0.2, -0.15) is 10.1 Å². The average molecular weight is 447 g/mol. The number of carbonyl (C=O) groups excluding carboxylic acids is 1. The maximum atomic E-state index is 13.7. The van der Waals surface area contributed by atoms with Crippen LogP contribution in [0.5, 0.6) is 11.5 Å². The Labute approximate surface area is 187 Å². The van der Waals surface area contributed by atoms with Gasteiger partial charge in [-0.3, -0.25) is 4.79 Å². The zero-order valence-corrected chi connectivity index (χ0v) is 17.9. The maximum Gasteiger partial charge on any atom is 0.294 e. The highest BCUT2D eigenvalue weighted by Gasteiger charge is 2.33. The molecule has 0 spiro atoms. The molecule has 0 saturated carbocycles. The third kappa shape index (κ3) is 4.04. The number of anilines is 1. The lowest BCUT2D eigenvalue weighted by Crippen LogP contribution is -2.44. The number of amides is 1. The van der Waals surface area contributed by atoms with Crippen molar-refractivity contribution in [2.75, 3.05) is 11.6 Å². The molecule has 1 aliphatic heterocycles. The van der Waals surface area contributed by atoms with E-state index in [2.05, 4.69) is 10.1 Å². The summed E-state index contributed by atoms with van der Waals surface area (Å²) in [6.45, 7) is 2.04. The maximum absolute atomic E-state index is 13.7. The Morgan fingerprint density at radius 3 is 2.75 bits per heavy atom. The smallest absolute Gasteiger partial charge is 0.294 e. The van der Waals surface area contributed by atoms with E-state index in [0.717, 1.165) is 11.1 Å². The molecule has 5 rings (SSSR count). The second-order valence-corrected chi connectivity index (χ2v) is 8.29. The lowest BCUT2D eigenvalue weighted by molar-refractivity contribution is -0.127. The molecule has 0 radical (unpaired) electrons. The van der Waals surface area contributed by atoms with Crippen molar-refractivity contribution in [3.05, 3.63) is 83.7 Å². The molecule has 6 nitrogen and oxygen atoms in total. The number of benzene rings is 3. The first-order valence-electron chi connectivity index (χ1n) is 9.96. The zero-order valence-electron chi connectivity index (χ0n) is 17.1. The van der Waals surface area contributed by atoms with Crippen LogP contribution in [0.4, 0.5) is 9.52 Å². The first-order valence-corrected chi connectivity index (χ1v) is 10.8. The molecule has 1 aliphatic rings. The summed E-state index contributed by atoms with van der Waals surface area (Å²) in [4.78, 5) is 17.9. The number of hydrazone groups is 1. The molecular weight excluding hydrogens is 429 g/mol. The summed E-state index contributed by atoms with van der Waals surface area (Å²) in [5.74, 6) is 0.282. The molecule has 2 heterocycles.